The van der Waals surface area contributed by atoms with E-state index in [1.807, 2.05) is 13.8 Å². The standard InChI is InChI=1S/C27H32FN5O3/c1-5-21(34)33-11-20(27(3,4)13-33)32-26(35)22-15(2)31-25-23(29-14-30-24(22)25)18-10-17(28)8-9-19(18)36-12-16-6-7-16/h8-10,14,16,20,31H,5-7,11-13H2,1-4H3,(H,32,35)/t20-/m1/s1. The Hall–Kier alpha value is -3.49. The number of amides is 2. The number of H-pyrrole nitrogens is 1. The fourth-order valence-corrected chi connectivity index (χ4v) is 4.93. The normalized spacial score (nSPS) is 19.0. The van der Waals surface area contributed by atoms with Gasteiger partial charge in [-0.2, -0.15) is 0 Å². The highest BCUT2D eigenvalue weighted by atomic mass is 19.1. The zero-order chi connectivity index (χ0) is 25.6. The largest absolute Gasteiger partial charge is 0.493 e. The number of carbonyl (C=O) groups excluding carboxylic acids is 2. The third kappa shape index (κ3) is 4.54. The lowest BCUT2D eigenvalue weighted by Crippen LogP contribution is -2.44. The Balaban J connectivity index is 1.47. The van der Waals surface area contributed by atoms with Crippen molar-refractivity contribution in [3.8, 4) is 17.0 Å². The molecule has 0 radical (unpaired) electrons. The highest BCUT2D eigenvalue weighted by Gasteiger charge is 2.42. The summed E-state index contributed by atoms with van der Waals surface area (Å²) in [5.41, 5.74) is 2.80. The van der Waals surface area contributed by atoms with E-state index in [0.29, 0.717) is 71.3 Å². The molecule has 0 unspecified atom stereocenters. The van der Waals surface area contributed by atoms with E-state index in [0.717, 1.165) is 12.8 Å². The van der Waals surface area contributed by atoms with Crippen LogP contribution in [-0.4, -0.2) is 57.4 Å². The van der Waals surface area contributed by atoms with Gasteiger partial charge in [-0.3, -0.25) is 9.59 Å². The molecule has 2 aliphatic rings. The molecular formula is C27H32FN5O3. The molecule has 3 heterocycles. The highest BCUT2D eigenvalue weighted by Crippen LogP contribution is 2.37. The summed E-state index contributed by atoms with van der Waals surface area (Å²) >= 11 is 0. The Morgan fingerprint density at radius 3 is 2.78 bits per heavy atom. The van der Waals surface area contributed by atoms with Crippen LogP contribution in [0.3, 0.4) is 0 Å². The molecule has 1 saturated carbocycles. The van der Waals surface area contributed by atoms with Crippen LogP contribution in [0.1, 0.15) is 56.1 Å². The van der Waals surface area contributed by atoms with Crippen LogP contribution in [0.25, 0.3) is 22.3 Å². The highest BCUT2D eigenvalue weighted by molar-refractivity contribution is 6.09. The van der Waals surface area contributed by atoms with Crippen LogP contribution < -0.4 is 10.1 Å². The smallest absolute Gasteiger partial charge is 0.255 e. The van der Waals surface area contributed by atoms with Crippen molar-refractivity contribution < 1.29 is 18.7 Å². The lowest BCUT2D eigenvalue weighted by molar-refractivity contribution is -0.130. The second-order valence-electron chi connectivity index (χ2n) is 10.6. The topological polar surface area (TPSA) is 100 Å². The SMILES string of the molecule is CCC(=O)N1C[C@@H](NC(=O)c2c(C)[nH]c3c(-c4cc(F)ccc4OCC4CC4)ncnc23)C(C)(C)C1. The lowest BCUT2D eigenvalue weighted by atomic mass is 9.87. The van der Waals surface area contributed by atoms with E-state index >= 15 is 0 Å². The van der Waals surface area contributed by atoms with Gasteiger partial charge in [-0.1, -0.05) is 20.8 Å². The molecule has 0 bridgehead atoms. The molecule has 1 aliphatic carbocycles. The number of aromatic nitrogens is 3. The predicted octanol–water partition coefficient (Wildman–Crippen LogP) is 4.24. The molecule has 36 heavy (non-hydrogen) atoms. The van der Waals surface area contributed by atoms with Crippen molar-refractivity contribution in [1.29, 1.82) is 0 Å². The van der Waals surface area contributed by atoms with Gasteiger partial charge in [0.05, 0.1) is 23.7 Å². The van der Waals surface area contributed by atoms with Gasteiger partial charge in [0.1, 0.15) is 29.1 Å². The molecule has 190 valence electrons. The summed E-state index contributed by atoms with van der Waals surface area (Å²) in [5.74, 6) is 0.508. The van der Waals surface area contributed by atoms with Crippen LogP contribution in [0, 0.1) is 24.1 Å². The number of aromatic amines is 1. The first-order valence-electron chi connectivity index (χ1n) is 12.5. The molecule has 1 atom stereocenters. The van der Waals surface area contributed by atoms with Gasteiger partial charge in [0.25, 0.3) is 5.91 Å². The fraction of sp³-hybridized carbons (Fsp3) is 0.481. The fourth-order valence-electron chi connectivity index (χ4n) is 4.93. The maximum atomic E-state index is 14.3. The van der Waals surface area contributed by atoms with E-state index in [1.165, 1.54) is 18.5 Å². The van der Waals surface area contributed by atoms with Crippen molar-refractivity contribution in [3.05, 3.63) is 41.6 Å². The Bertz CT molecular complexity index is 1330. The average Bonchev–Trinajstić information content (AvgIpc) is 3.53. The van der Waals surface area contributed by atoms with Crippen LogP contribution in [0.2, 0.25) is 0 Å². The molecule has 1 aromatic carbocycles. The second-order valence-corrected chi connectivity index (χ2v) is 10.6. The Morgan fingerprint density at radius 1 is 1.28 bits per heavy atom. The Labute approximate surface area is 209 Å². The number of nitrogens with zero attached hydrogens (tertiary/aromatic N) is 3. The summed E-state index contributed by atoms with van der Waals surface area (Å²) in [6.45, 7) is 9.40. The lowest BCUT2D eigenvalue weighted by Gasteiger charge is -2.26. The minimum atomic E-state index is -0.397. The van der Waals surface area contributed by atoms with E-state index in [-0.39, 0.29) is 23.3 Å². The first-order valence-corrected chi connectivity index (χ1v) is 12.5. The van der Waals surface area contributed by atoms with Crippen LogP contribution in [0.15, 0.2) is 24.5 Å². The van der Waals surface area contributed by atoms with E-state index in [2.05, 4.69) is 34.1 Å². The second kappa shape index (κ2) is 9.19. The van der Waals surface area contributed by atoms with Crippen LogP contribution in [0.5, 0.6) is 5.75 Å². The van der Waals surface area contributed by atoms with Crippen molar-refractivity contribution in [1.82, 2.24) is 25.2 Å². The number of nitrogens with one attached hydrogen (secondary N) is 2. The quantitative estimate of drug-likeness (QED) is 0.513. The molecule has 2 fully saturated rings. The van der Waals surface area contributed by atoms with E-state index in [1.54, 1.807) is 11.0 Å². The van der Waals surface area contributed by atoms with Gasteiger partial charge < -0.3 is 19.9 Å². The number of likely N-dealkylation sites (tertiary alicyclic amines) is 1. The van der Waals surface area contributed by atoms with E-state index in [4.69, 9.17) is 4.74 Å². The van der Waals surface area contributed by atoms with Crippen molar-refractivity contribution in [2.24, 2.45) is 11.3 Å². The van der Waals surface area contributed by atoms with Crippen LogP contribution in [-0.2, 0) is 4.79 Å². The predicted molar refractivity (Wildman–Crippen MR) is 134 cm³/mol. The number of rotatable bonds is 7. The monoisotopic (exact) mass is 493 g/mol. The van der Waals surface area contributed by atoms with Gasteiger partial charge in [-0.25, -0.2) is 14.4 Å². The molecule has 1 saturated heterocycles. The van der Waals surface area contributed by atoms with E-state index in [9.17, 15) is 14.0 Å². The summed E-state index contributed by atoms with van der Waals surface area (Å²) < 4.78 is 20.3. The van der Waals surface area contributed by atoms with Gasteiger partial charge in [-0.05, 0) is 43.9 Å². The van der Waals surface area contributed by atoms with Gasteiger partial charge in [0, 0.05) is 36.2 Å². The summed E-state index contributed by atoms with van der Waals surface area (Å²) in [6.07, 6.45) is 4.11. The molecular weight excluding hydrogens is 461 g/mol. The summed E-state index contributed by atoms with van der Waals surface area (Å²) in [5, 5.41) is 3.13. The first-order chi connectivity index (χ1) is 17.2. The average molecular weight is 494 g/mol. The number of benzene rings is 1. The number of hydrogen-bond donors (Lipinski definition) is 2. The van der Waals surface area contributed by atoms with E-state index < -0.39 is 5.82 Å². The maximum Gasteiger partial charge on any atom is 0.255 e. The Morgan fingerprint density at radius 2 is 2.06 bits per heavy atom. The van der Waals surface area contributed by atoms with Gasteiger partial charge in [0.15, 0.2) is 0 Å². The molecule has 8 nitrogen and oxygen atoms in total. The third-order valence-corrected chi connectivity index (χ3v) is 7.27. The van der Waals surface area contributed by atoms with Crippen molar-refractivity contribution >= 4 is 22.8 Å². The number of fused-ring (bicyclic) bond motifs is 1. The first kappa shape index (κ1) is 24.2. The Kier molecular flexibility index (Phi) is 6.18. The number of hydrogen-bond acceptors (Lipinski definition) is 5. The van der Waals surface area contributed by atoms with Gasteiger partial charge in [0.2, 0.25) is 5.91 Å². The summed E-state index contributed by atoms with van der Waals surface area (Å²) in [7, 11) is 0. The molecule has 2 N–H and O–H groups in total. The van der Waals surface area contributed by atoms with Crippen LogP contribution >= 0.6 is 0 Å². The van der Waals surface area contributed by atoms with Crippen LogP contribution in [0.4, 0.5) is 4.39 Å². The molecule has 2 aromatic heterocycles. The third-order valence-electron chi connectivity index (χ3n) is 7.27. The summed E-state index contributed by atoms with van der Waals surface area (Å²) in [4.78, 5) is 39.7. The number of aryl methyl sites for hydroxylation is 1. The molecule has 1 aliphatic heterocycles. The van der Waals surface area contributed by atoms with Crippen molar-refractivity contribution in [3.63, 3.8) is 0 Å². The number of halogens is 1. The molecule has 2 amide bonds. The minimum absolute atomic E-state index is 0.0790. The number of carbonyl (C=O) groups is 2. The van der Waals surface area contributed by atoms with Crippen molar-refractivity contribution in [2.45, 2.75) is 53.0 Å². The molecule has 3 aromatic rings. The zero-order valence-corrected chi connectivity index (χ0v) is 21.2. The molecule has 9 heteroatoms. The zero-order valence-electron chi connectivity index (χ0n) is 21.2. The maximum absolute atomic E-state index is 14.3. The van der Waals surface area contributed by atoms with Gasteiger partial charge >= 0.3 is 0 Å². The number of ether oxygens (including phenoxy) is 1. The minimum Gasteiger partial charge on any atom is -0.493 e. The summed E-state index contributed by atoms with van der Waals surface area (Å²) in [6, 6.07) is 4.20. The molecule has 0 spiro atoms. The van der Waals surface area contributed by atoms with Crippen molar-refractivity contribution in [2.75, 3.05) is 19.7 Å². The molecule has 5 rings (SSSR count). The van der Waals surface area contributed by atoms with Gasteiger partial charge in [-0.15, -0.1) is 0 Å².